The Kier molecular flexibility index (Phi) is 11.5. The zero-order valence-electron chi connectivity index (χ0n) is 23.1. The van der Waals surface area contributed by atoms with Gasteiger partial charge in [0.25, 0.3) is 0 Å². The lowest BCUT2D eigenvalue weighted by molar-refractivity contribution is 0.530. The van der Waals surface area contributed by atoms with Gasteiger partial charge >= 0.3 is 0 Å². The highest BCUT2D eigenvalue weighted by Gasteiger charge is 2.08. The zero-order valence-corrected chi connectivity index (χ0v) is 23.1. The minimum atomic E-state index is 0.548. The first-order valence-electron chi connectivity index (χ1n) is 13.1. The van der Waals surface area contributed by atoms with Crippen LogP contribution in [0.4, 0.5) is 11.4 Å². The molecule has 0 amide bonds. The summed E-state index contributed by atoms with van der Waals surface area (Å²) in [5, 5.41) is 6.91. The van der Waals surface area contributed by atoms with Gasteiger partial charge in [0.05, 0.1) is 0 Å². The smallest absolute Gasteiger partial charge is 0.0381 e. The normalized spacial score (nSPS) is 12.3. The van der Waals surface area contributed by atoms with Crippen molar-refractivity contribution in [3.63, 3.8) is 0 Å². The van der Waals surface area contributed by atoms with Gasteiger partial charge in [0, 0.05) is 22.8 Å². The summed E-state index contributed by atoms with van der Waals surface area (Å²) in [4.78, 5) is 0. The summed E-state index contributed by atoms with van der Waals surface area (Å²) >= 11 is 0. The number of rotatable bonds is 16. The monoisotopic (exact) mass is 482 g/mol. The number of anilines is 2. The van der Waals surface area contributed by atoms with Crippen molar-refractivity contribution in [3.05, 3.63) is 121 Å². The lowest BCUT2D eigenvalue weighted by Gasteiger charge is -2.16. The van der Waals surface area contributed by atoms with E-state index in [2.05, 4.69) is 113 Å². The van der Waals surface area contributed by atoms with E-state index in [1.54, 1.807) is 0 Å². The van der Waals surface area contributed by atoms with Gasteiger partial charge in [0.1, 0.15) is 0 Å². The molecule has 0 spiro atoms. The largest absolute Gasteiger partial charge is 0.359 e. The van der Waals surface area contributed by atoms with Gasteiger partial charge < -0.3 is 10.6 Å². The van der Waals surface area contributed by atoms with E-state index in [4.69, 9.17) is 0 Å². The number of benzene rings is 2. The summed E-state index contributed by atoms with van der Waals surface area (Å²) < 4.78 is 0. The van der Waals surface area contributed by atoms with E-state index >= 15 is 0 Å². The third-order valence-corrected chi connectivity index (χ3v) is 6.39. The average Bonchev–Trinajstić information content (AvgIpc) is 2.79. The molecular formula is C34H46N2. The first-order chi connectivity index (χ1) is 17.0. The van der Waals surface area contributed by atoms with Gasteiger partial charge in [-0.1, -0.05) is 81.1 Å². The van der Waals surface area contributed by atoms with Crippen LogP contribution in [-0.4, -0.2) is 0 Å². The van der Waals surface area contributed by atoms with Gasteiger partial charge in [-0.25, -0.2) is 0 Å². The predicted molar refractivity (Wildman–Crippen MR) is 161 cm³/mol. The molecule has 2 aromatic carbocycles. The van der Waals surface area contributed by atoms with Crippen LogP contribution >= 0.6 is 0 Å². The van der Waals surface area contributed by atoms with Gasteiger partial charge in [-0.15, -0.1) is 6.58 Å². The van der Waals surface area contributed by atoms with Crippen molar-refractivity contribution in [3.8, 4) is 0 Å². The number of hydrogen-bond donors (Lipinski definition) is 2. The summed E-state index contributed by atoms with van der Waals surface area (Å²) in [6.45, 7) is 29.1. The fourth-order valence-electron chi connectivity index (χ4n) is 4.40. The fraction of sp³-hybridized carbons (Fsp3) is 0.353. The molecule has 2 atom stereocenters. The van der Waals surface area contributed by atoms with Crippen LogP contribution in [-0.2, 0) is 6.42 Å². The molecular weight excluding hydrogens is 436 g/mol. The molecule has 0 aliphatic carbocycles. The summed E-state index contributed by atoms with van der Waals surface area (Å²) in [6, 6.07) is 17.3. The van der Waals surface area contributed by atoms with Crippen molar-refractivity contribution in [2.75, 3.05) is 10.6 Å². The molecule has 2 aromatic rings. The molecule has 2 nitrogen and oxygen atoms in total. The molecule has 0 radical (unpaired) electrons. The van der Waals surface area contributed by atoms with E-state index in [0.29, 0.717) is 11.8 Å². The highest BCUT2D eigenvalue weighted by molar-refractivity contribution is 5.51. The quantitative estimate of drug-likeness (QED) is 0.184. The van der Waals surface area contributed by atoms with Crippen molar-refractivity contribution in [1.82, 2.24) is 0 Å². The van der Waals surface area contributed by atoms with E-state index in [9.17, 15) is 0 Å². The maximum atomic E-state index is 4.23. The molecule has 0 aromatic heterocycles. The third kappa shape index (κ3) is 11.0. The van der Waals surface area contributed by atoms with Crippen LogP contribution in [0.2, 0.25) is 0 Å². The standard InChI is InChI=1S/C34H46N2/c1-24(2)20-27(6)22-30(9)36-34-18-14-32(15-19-34)23-31-12-16-33(17-13-31)35-29(8)21-26(5)10-11-28(7)25(3)4/h12-19,26-27,35-36H,1,3,7-11,20-23H2,2,4-6H3. The van der Waals surface area contributed by atoms with Gasteiger partial charge in [-0.3, -0.25) is 0 Å². The second-order valence-corrected chi connectivity index (χ2v) is 10.7. The van der Waals surface area contributed by atoms with Crippen molar-refractivity contribution >= 4 is 11.4 Å². The summed E-state index contributed by atoms with van der Waals surface area (Å²) in [5.74, 6) is 1.10. The SMILES string of the molecule is C=C(C)CC(C)CC(=C)Nc1ccc(Cc2ccc(NC(=C)CC(C)CCC(=C)C(=C)C)cc2)cc1. The zero-order chi connectivity index (χ0) is 26.7. The second-order valence-electron chi connectivity index (χ2n) is 10.7. The Bertz CT molecular complexity index is 1050. The molecule has 0 saturated carbocycles. The summed E-state index contributed by atoms with van der Waals surface area (Å²) in [5.41, 5.74) is 10.3. The van der Waals surface area contributed by atoms with E-state index < -0.39 is 0 Å². The lowest BCUT2D eigenvalue weighted by atomic mass is 9.95. The summed E-state index contributed by atoms with van der Waals surface area (Å²) in [6.07, 6.45) is 5.94. The molecule has 0 bridgehead atoms. The molecule has 2 N–H and O–H groups in total. The van der Waals surface area contributed by atoms with Gasteiger partial charge in [-0.05, 0) is 99.6 Å². The Morgan fingerprint density at radius 3 is 1.53 bits per heavy atom. The van der Waals surface area contributed by atoms with Crippen LogP contribution in [0.15, 0.2) is 110 Å². The molecule has 0 aliphatic heterocycles. The van der Waals surface area contributed by atoms with E-state index in [0.717, 1.165) is 72.4 Å². The lowest BCUT2D eigenvalue weighted by Crippen LogP contribution is -2.05. The van der Waals surface area contributed by atoms with Crippen LogP contribution in [0.5, 0.6) is 0 Å². The molecule has 192 valence electrons. The minimum absolute atomic E-state index is 0.548. The van der Waals surface area contributed by atoms with E-state index in [1.165, 1.54) is 16.7 Å². The van der Waals surface area contributed by atoms with E-state index in [-0.39, 0.29) is 0 Å². The van der Waals surface area contributed by atoms with Crippen LogP contribution in [0.25, 0.3) is 0 Å². The molecule has 0 heterocycles. The predicted octanol–water partition coefficient (Wildman–Crippen LogP) is 10.1. The number of hydrogen-bond acceptors (Lipinski definition) is 2. The van der Waals surface area contributed by atoms with Crippen molar-refractivity contribution in [2.45, 2.75) is 66.2 Å². The Hall–Kier alpha value is -3.26. The van der Waals surface area contributed by atoms with Gasteiger partial charge in [0.2, 0.25) is 0 Å². The fourth-order valence-corrected chi connectivity index (χ4v) is 4.40. The third-order valence-electron chi connectivity index (χ3n) is 6.39. The second kappa shape index (κ2) is 14.3. The maximum absolute atomic E-state index is 4.23. The Morgan fingerprint density at radius 2 is 1.11 bits per heavy atom. The molecule has 0 saturated heterocycles. The molecule has 0 aliphatic rings. The minimum Gasteiger partial charge on any atom is -0.359 e. The Morgan fingerprint density at radius 1 is 0.667 bits per heavy atom. The molecule has 0 fully saturated rings. The van der Waals surface area contributed by atoms with E-state index in [1.807, 2.05) is 6.92 Å². The van der Waals surface area contributed by atoms with Gasteiger partial charge in [-0.2, -0.15) is 0 Å². The Labute approximate surface area is 220 Å². The van der Waals surface area contributed by atoms with Crippen LogP contribution in [0.1, 0.15) is 70.9 Å². The van der Waals surface area contributed by atoms with Crippen molar-refractivity contribution in [1.29, 1.82) is 0 Å². The first-order valence-corrected chi connectivity index (χ1v) is 13.1. The van der Waals surface area contributed by atoms with Crippen molar-refractivity contribution < 1.29 is 0 Å². The topological polar surface area (TPSA) is 24.1 Å². The Balaban J connectivity index is 1.80. The molecule has 36 heavy (non-hydrogen) atoms. The number of allylic oxidation sites excluding steroid dienone is 5. The first kappa shape index (κ1) is 29.0. The number of nitrogens with one attached hydrogen (secondary N) is 2. The molecule has 2 unspecified atom stereocenters. The van der Waals surface area contributed by atoms with Crippen LogP contribution < -0.4 is 10.6 Å². The maximum Gasteiger partial charge on any atom is 0.0381 e. The van der Waals surface area contributed by atoms with Crippen LogP contribution in [0.3, 0.4) is 0 Å². The van der Waals surface area contributed by atoms with Crippen molar-refractivity contribution in [2.24, 2.45) is 11.8 Å². The highest BCUT2D eigenvalue weighted by atomic mass is 14.9. The van der Waals surface area contributed by atoms with Crippen LogP contribution in [0, 0.1) is 11.8 Å². The molecule has 2 rings (SSSR count). The summed E-state index contributed by atoms with van der Waals surface area (Å²) in [7, 11) is 0. The van der Waals surface area contributed by atoms with Gasteiger partial charge in [0.15, 0.2) is 0 Å². The average molecular weight is 483 g/mol. The highest BCUT2D eigenvalue weighted by Crippen LogP contribution is 2.23. The molecule has 2 heteroatoms.